The maximum Gasteiger partial charge on any atom is 0.389 e. The van der Waals surface area contributed by atoms with Crippen LogP contribution < -0.4 is 5.32 Å². The lowest BCUT2D eigenvalue weighted by atomic mass is 10.2. The van der Waals surface area contributed by atoms with Crippen LogP contribution in [-0.2, 0) is 13.1 Å². The number of carbonyl (C=O) groups excluding carboxylic acids is 1. The summed E-state index contributed by atoms with van der Waals surface area (Å²) in [5, 5.41) is 26.6. The summed E-state index contributed by atoms with van der Waals surface area (Å²) in [6, 6.07) is 6.35. The molecule has 0 unspecified atom stereocenters. The molecular weight excluding hydrogens is 497 g/mol. The first kappa shape index (κ1) is 22.8. The molecule has 33 heavy (non-hydrogen) atoms. The van der Waals surface area contributed by atoms with Crippen molar-refractivity contribution in [2.24, 2.45) is 0 Å². The van der Waals surface area contributed by atoms with Gasteiger partial charge in [0, 0.05) is 16.2 Å². The summed E-state index contributed by atoms with van der Waals surface area (Å²) in [4.78, 5) is 23.1. The van der Waals surface area contributed by atoms with Gasteiger partial charge in [0.25, 0.3) is 5.91 Å². The highest BCUT2D eigenvalue weighted by Crippen LogP contribution is 2.25. The van der Waals surface area contributed by atoms with Gasteiger partial charge in [-0.25, -0.2) is 0 Å². The maximum atomic E-state index is 12.8. The standard InChI is InChI=1S/C19H14Cl3N7O4/c1-10-13(8-27-5-4-16(24-27)29(31)32)17(26-33-10)19(30)23-18-15(22)9-28(25-18)7-11-2-3-12(20)6-14(11)21/h2-6,9H,7-8H2,1H3,(H,23,25,30). The van der Waals surface area contributed by atoms with Crippen molar-refractivity contribution in [3.8, 4) is 0 Å². The number of amides is 1. The normalized spacial score (nSPS) is 11.0. The molecule has 0 fully saturated rings. The number of rotatable bonds is 7. The van der Waals surface area contributed by atoms with E-state index in [1.807, 2.05) is 0 Å². The quantitative estimate of drug-likeness (QED) is 0.284. The predicted molar refractivity (Wildman–Crippen MR) is 120 cm³/mol. The fourth-order valence-corrected chi connectivity index (χ4v) is 3.67. The lowest BCUT2D eigenvalue weighted by Gasteiger charge is -2.05. The second-order valence-corrected chi connectivity index (χ2v) is 8.16. The Bertz CT molecular complexity index is 1360. The first-order valence-electron chi connectivity index (χ1n) is 9.32. The molecule has 4 rings (SSSR count). The van der Waals surface area contributed by atoms with E-state index in [9.17, 15) is 14.9 Å². The maximum absolute atomic E-state index is 12.8. The van der Waals surface area contributed by atoms with Gasteiger partial charge in [0.15, 0.2) is 11.5 Å². The Morgan fingerprint density at radius 1 is 1.15 bits per heavy atom. The van der Waals surface area contributed by atoms with Crippen molar-refractivity contribution in [3.05, 3.63) is 84.4 Å². The summed E-state index contributed by atoms with van der Waals surface area (Å²) < 4.78 is 7.98. The number of aromatic nitrogens is 5. The Kier molecular flexibility index (Phi) is 6.36. The summed E-state index contributed by atoms with van der Waals surface area (Å²) in [5.41, 5.74) is 1.16. The van der Waals surface area contributed by atoms with E-state index in [-0.39, 0.29) is 28.9 Å². The average Bonchev–Trinajstić information content (AvgIpc) is 3.45. The fraction of sp³-hybridized carbons (Fsp3) is 0.158. The zero-order valence-electron chi connectivity index (χ0n) is 16.8. The molecule has 0 saturated carbocycles. The molecule has 3 aromatic heterocycles. The van der Waals surface area contributed by atoms with Crippen molar-refractivity contribution in [1.82, 2.24) is 24.7 Å². The second-order valence-electron chi connectivity index (χ2n) is 6.91. The largest absolute Gasteiger partial charge is 0.389 e. The summed E-state index contributed by atoms with van der Waals surface area (Å²) >= 11 is 18.4. The van der Waals surface area contributed by atoms with E-state index in [0.29, 0.717) is 27.9 Å². The molecule has 4 aromatic rings. The van der Waals surface area contributed by atoms with Gasteiger partial charge < -0.3 is 20.0 Å². The average molecular weight is 511 g/mol. The molecule has 1 amide bonds. The van der Waals surface area contributed by atoms with E-state index in [4.69, 9.17) is 39.3 Å². The van der Waals surface area contributed by atoms with E-state index in [0.717, 1.165) is 5.56 Å². The van der Waals surface area contributed by atoms with Crippen LogP contribution in [0, 0.1) is 17.0 Å². The van der Waals surface area contributed by atoms with Crippen LogP contribution >= 0.6 is 34.8 Å². The van der Waals surface area contributed by atoms with Crippen molar-refractivity contribution in [2.45, 2.75) is 20.0 Å². The van der Waals surface area contributed by atoms with Crippen LogP contribution in [-0.4, -0.2) is 35.5 Å². The van der Waals surface area contributed by atoms with Gasteiger partial charge in [0.2, 0.25) is 0 Å². The highest BCUT2D eigenvalue weighted by Gasteiger charge is 2.24. The smallest absolute Gasteiger partial charge is 0.361 e. The molecule has 170 valence electrons. The predicted octanol–water partition coefficient (Wildman–Crippen LogP) is 4.59. The van der Waals surface area contributed by atoms with Gasteiger partial charge in [-0.3, -0.25) is 9.48 Å². The van der Waals surface area contributed by atoms with Gasteiger partial charge in [-0.15, -0.1) is 0 Å². The molecule has 1 aromatic carbocycles. The summed E-state index contributed by atoms with van der Waals surface area (Å²) in [6.07, 6.45) is 2.96. The third-order valence-corrected chi connectivity index (χ3v) is 5.49. The van der Waals surface area contributed by atoms with E-state index in [1.165, 1.54) is 21.6 Å². The number of hydrogen-bond donors (Lipinski definition) is 1. The number of aryl methyl sites for hydroxylation is 1. The number of anilines is 1. The van der Waals surface area contributed by atoms with Gasteiger partial charge in [-0.05, 0) is 29.5 Å². The monoisotopic (exact) mass is 509 g/mol. The molecule has 0 saturated heterocycles. The summed E-state index contributed by atoms with van der Waals surface area (Å²) in [5.74, 6) is -0.436. The van der Waals surface area contributed by atoms with E-state index >= 15 is 0 Å². The van der Waals surface area contributed by atoms with Crippen molar-refractivity contribution in [3.63, 3.8) is 0 Å². The number of halogens is 3. The van der Waals surface area contributed by atoms with Crippen molar-refractivity contribution >= 4 is 52.3 Å². The number of benzene rings is 1. The molecule has 11 nitrogen and oxygen atoms in total. The van der Waals surface area contributed by atoms with Crippen molar-refractivity contribution in [1.29, 1.82) is 0 Å². The van der Waals surface area contributed by atoms with Gasteiger partial charge in [-0.2, -0.15) is 9.78 Å². The number of nitrogens with zero attached hydrogens (tertiary/aromatic N) is 6. The van der Waals surface area contributed by atoms with Crippen LogP contribution in [0.5, 0.6) is 0 Å². The highest BCUT2D eigenvalue weighted by molar-refractivity contribution is 6.35. The molecule has 0 spiro atoms. The zero-order valence-corrected chi connectivity index (χ0v) is 19.1. The van der Waals surface area contributed by atoms with Gasteiger partial charge >= 0.3 is 5.82 Å². The number of nitrogens with one attached hydrogen (secondary N) is 1. The number of carbonyl (C=O) groups is 1. The summed E-state index contributed by atoms with van der Waals surface area (Å²) in [7, 11) is 0. The highest BCUT2D eigenvalue weighted by atomic mass is 35.5. The minimum atomic E-state index is -0.611. The van der Waals surface area contributed by atoms with Crippen LogP contribution in [0.15, 0.2) is 41.2 Å². The molecule has 0 bridgehead atoms. The molecular formula is C19H14Cl3N7O4. The molecule has 14 heteroatoms. The fourth-order valence-electron chi connectivity index (χ4n) is 3.01. The van der Waals surface area contributed by atoms with Crippen molar-refractivity contribution in [2.75, 3.05) is 5.32 Å². The van der Waals surface area contributed by atoms with Crippen LogP contribution in [0.2, 0.25) is 15.1 Å². The third-order valence-electron chi connectivity index (χ3n) is 4.63. The van der Waals surface area contributed by atoms with E-state index in [1.54, 1.807) is 31.3 Å². The zero-order chi connectivity index (χ0) is 23.7. The molecule has 0 aliphatic rings. The van der Waals surface area contributed by atoms with Crippen LogP contribution in [0.25, 0.3) is 0 Å². The van der Waals surface area contributed by atoms with Gasteiger partial charge in [-0.1, -0.05) is 46.0 Å². The SMILES string of the molecule is Cc1onc(C(=O)Nc2nn(Cc3ccc(Cl)cc3Cl)cc2Cl)c1Cn1ccc([N+](=O)[O-])n1. The van der Waals surface area contributed by atoms with Gasteiger partial charge in [0.05, 0.1) is 36.0 Å². The Morgan fingerprint density at radius 2 is 1.94 bits per heavy atom. The Morgan fingerprint density at radius 3 is 2.64 bits per heavy atom. The number of hydrogen-bond acceptors (Lipinski definition) is 7. The molecule has 3 heterocycles. The first-order chi connectivity index (χ1) is 15.7. The topological polar surface area (TPSA) is 134 Å². The van der Waals surface area contributed by atoms with Crippen molar-refractivity contribution < 1.29 is 14.2 Å². The van der Waals surface area contributed by atoms with Gasteiger partial charge in [0.1, 0.15) is 10.8 Å². The number of nitro groups is 1. The molecule has 0 atom stereocenters. The molecule has 1 N–H and O–H groups in total. The minimum Gasteiger partial charge on any atom is -0.361 e. The second kappa shape index (κ2) is 9.22. The van der Waals surface area contributed by atoms with Crippen LogP contribution in [0.3, 0.4) is 0 Å². The summed E-state index contributed by atoms with van der Waals surface area (Å²) in [6.45, 7) is 1.97. The van der Waals surface area contributed by atoms with E-state index < -0.39 is 10.8 Å². The Balaban J connectivity index is 1.51. The third kappa shape index (κ3) is 5.00. The van der Waals surface area contributed by atoms with Crippen LogP contribution in [0.1, 0.15) is 27.4 Å². The Hall–Kier alpha value is -3.41. The Labute approximate surface area is 201 Å². The molecule has 0 aliphatic heterocycles. The molecule has 0 aliphatic carbocycles. The first-order valence-corrected chi connectivity index (χ1v) is 10.5. The lowest BCUT2D eigenvalue weighted by molar-refractivity contribution is -0.389. The lowest BCUT2D eigenvalue weighted by Crippen LogP contribution is -2.17. The van der Waals surface area contributed by atoms with Crippen LogP contribution in [0.4, 0.5) is 11.6 Å². The minimum absolute atomic E-state index is 0.0167. The molecule has 0 radical (unpaired) electrons. The van der Waals surface area contributed by atoms with E-state index in [2.05, 4.69) is 20.7 Å².